The molecule has 0 heterocycles. The summed E-state index contributed by atoms with van der Waals surface area (Å²) >= 11 is 0. The molecular formula is C17H19N3. The van der Waals surface area contributed by atoms with E-state index in [0.29, 0.717) is 5.56 Å². The van der Waals surface area contributed by atoms with Gasteiger partial charge in [0.1, 0.15) is 0 Å². The second kappa shape index (κ2) is 6.23. The van der Waals surface area contributed by atoms with Gasteiger partial charge in [-0.2, -0.15) is 5.26 Å². The van der Waals surface area contributed by atoms with E-state index in [0.717, 1.165) is 24.3 Å². The maximum Gasteiger partial charge on any atom is 0.0991 e. The van der Waals surface area contributed by atoms with Gasteiger partial charge in [-0.15, -0.1) is 0 Å². The molecule has 0 bridgehead atoms. The van der Waals surface area contributed by atoms with Crippen molar-refractivity contribution >= 4 is 5.69 Å². The summed E-state index contributed by atoms with van der Waals surface area (Å²) in [6.45, 7) is 3.75. The third-order valence-electron chi connectivity index (χ3n) is 3.32. The van der Waals surface area contributed by atoms with Crippen LogP contribution < -0.4 is 5.73 Å². The molecule has 0 atom stereocenters. The van der Waals surface area contributed by atoms with E-state index in [9.17, 15) is 0 Å². The normalized spacial score (nSPS) is 10.5. The first-order valence-electron chi connectivity index (χ1n) is 6.61. The highest BCUT2D eigenvalue weighted by molar-refractivity contribution is 5.40. The average Bonchev–Trinajstić information content (AvgIpc) is 2.41. The van der Waals surface area contributed by atoms with Crippen molar-refractivity contribution in [2.45, 2.75) is 20.0 Å². The summed E-state index contributed by atoms with van der Waals surface area (Å²) in [5.41, 5.74) is 10.9. The van der Waals surface area contributed by atoms with Crippen LogP contribution in [0.4, 0.5) is 5.69 Å². The SMILES string of the molecule is Cc1cc(C#N)ccc1CN(C)Cc1cccc(N)c1. The molecule has 0 fully saturated rings. The Balaban J connectivity index is 2.05. The average molecular weight is 265 g/mol. The molecule has 3 heteroatoms. The van der Waals surface area contributed by atoms with Crippen molar-refractivity contribution in [3.05, 3.63) is 64.7 Å². The van der Waals surface area contributed by atoms with Gasteiger partial charge in [0.15, 0.2) is 0 Å². The van der Waals surface area contributed by atoms with E-state index in [1.807, 2.05) is 43.3 Å². The molecule has 2 rings (SSSR count). The van der Waals surface area contributed by atoms with Gasteiger partial charge in [-0.25, -0.2) is 0 Å². The molecule has 3 nitrogen and oxygen atoms in total. The van der Waals surface area contributed by atoms with Crippen molar-refractivity contribution in [2.75, 3.05) is 12.8 Å². The van der Waals surface area contributed by atoms with Crippen LogP contribution >= 0.6 is 0 Å². The maximum atomic E-state index is 8.88. The number of nitrogens with two attached hydrogens (primary N) is 1. The molecule has 0 aliphatic rings. The molecular weight excluding hydrogens is 246 g/mol. The van der Waals surface area contributed by atoms with Gasteiger partial charge in [0.2, 0.25) is 0 Å². The summed E-state index contributed by atoms with van der Waals surface area (Å²) in [5.74, 6) is 0. The van der Waals surface area contributed by atoms with Crippen LogP contribution in [-0.4, -0.2) is 11.9 Å². The number of nitrogen functional groups attached to an aromatic ring is 1. The van der Waals surface area contributed by atoms with Crippen LogP contribution in [0.2, 0.25) is 0 Å². The summed E-state index contributed by atoms with van der Waals surface area (Å²) < 4.78 is 0. The number of nitriles is 1. The number of aryl methyl sites for hydroxylation is 1. The molecule has 2 N–H and O–H groups in total. The van der Waals surface area contributed by atoms with Crippen molar-refractivity contribution in [1.29, 1.82) is 5.26 Å². The molecule has 0 amide bonds. The van der Waals surface area contributed by atoms with Crippen LogP contribution in [-0.2, 0) is 13.1 Å². The second-order valence-electron chi connectivity index (χ2n) is 5.17. The molecule has 0 aromatic heterocycles. The van der Waals surface area contributed by atoms with Crippen LogP contribution in [0.25, 0.3) is 0 Å². The first kappa shape index (κ1) is 14.1. The van der Waals surface area contributed by atoms with E-state index >= 15 is 0 Å². The summed E-state index contributed by atoms with van der Waals surface area (Å²) in [7, 11) is 2.08. The van der Waals surface area contributed by atoms with E-state index in [4.69, 9.17) is 11.0 Å². The van der Waals surface area contributed by atoms with E-state index in [-0.39, 0.29) is 0 Å². The molecule has 0 aliphatic heterocycles. The third-order valence-corrected chi connectivity index (χ3v) is 3.32. The number of hydrogen-bond acceptors (Lipinski definition) is 3. The van der Waals surface area contributed by atoms with Crippen molar-refractivity contribution in [3.63, 3.8) is 0 Å². The standard InChI is InChI=1S/C17H19N3/c1-13-8-14(10-18)6-7-16(13)12-20(2)11-15-4-3-5-17(19)9-15/h3-9H,11-12,19H2,1-2H3. The van der Waals surface area contributed by atoms with Crippen LogP contribution in [0, 0.1) is 18.3 Å². The lowest BCUT2D eigenvalue weighted by molar-refractivity contribution is 0.318. The van der Waals surface area contributed by atoms with E-state index < -0.39 is 0 Å². The molecule has 0 saturated carbocycles. The second-order valence-corrected chi connectivity index (χ2v) is 5.17. The minimum atomic E-state index is 0.713. The van der Waals surface area contributed by atoms with Crippen LogP contribution in [0.1, 0.15) is 22.3 Å². The zero-order chi connectivity index (χ0) is 14.5. The molecule has 0 aliphatic carbocycles. The predicted molar refractivity (Wildman–Crippen MR) is 81.9 cm³/mol. The fourth-order valence-corrected chi connectivity index (χ4v) is 2.29. The molecule has 20 heavy (non-hydrogen) atoms. The Bertz CT molecular complexity index is 641. The van der Waals surface area contributed by atoms with Crippen molar-refractivity contribution in [1.82, 2.24) is 4.90 Å². The van der Waals surface area contributed by atoms with Gasteiger partial charge in [-0.05, 0) is 54.9 Å². The maximum absolute atomic E-state index is 8.88. The zero-order valence-electron chi connectivity index (χ0n) is 11.9. The Hall–Kier alpha value is -2.31. The van der Waals surface area contributed by atoms with Crippen LogP contribution in [0.5, 0.6) is 0 Å². The number of rotatable bonds is 4. The summed E-state index contributed by atoms with van der Waals surface area (Å²) in [6, 6.07) is 16.0. The molecule has 0 unspecified atom stereocenters. The summed E-state index contributed by atoms with van der Waals surface area (Å²) in [6.07, 6.45) is 0. The Morgan fingerprint density at radius 2 is 1.95 bits per heavy atom. The van der Waals surface area contributed by atoms with E-state index in [1.54, 1.807) is 0 Å². The van der Waals surface area contributed by atoms with Crippen molar-refractivity contribution < 1.29 is 0 Å². The number of hydrogen-bond donors (Lipinski definition) is 1. The minimum absolute atomic E-state index is 0.713. The zero-order valence-corrected chi connectivity index (χ0v) is 11.9. The Morgan fingerprint density at radius 1 is 1.15 bits per heavy atom. The highest BCUT2D eigenvalue weighted by atomic mass is 15.1. The summed E-state index contributed by atoms with van der Waals surface area (Å²) in [4.78, 5) is 2.24. The highest BCUT2D eigenvalue weighted by Crippen LogP contribution is 2.15. The van der Waals surface area contributed by atoms with Crippen molar-refractivity contribution in [3.8, 4) is 6.07 Å². The first-order valence-corrected chi connectivity index (χ1v) is 6.61. The number of benzene rings is 2. The quantitative estimate of drug-likeness (QED) is 0.864. The Morgan fingerprint density at radius 3 is 2.60 bits per heavy atom. The van der Waals surface area contributed by atoms with Gasteiger partial charge in [0.25, 0.3) is 0 Å². The lowest BCUT2D eigenvalue weighted by Crippen LogP contribution is -2.18. The molecule has 2 aromatic rings. The highest BCUT2D eigenvalue weighted by Gasteiger charge is 2.05. The minimum Gasteiger partial charge on any atom is -0.399 e. The van der Waals surface area contributed by atoms with Crippen LogP contribution in [0.15, 0.2) is 42.5 Å². The van der Waals surface area contributed by atoms with Gasteiger partial charge in [-0.1, -0.05) is 18.2 Å². The molecule has 0 spiro atoms. The Labute approximate surface area is 120 Å². The van der Waals surface area contributed by atoms with E-state index in [1.165, 1.54) is 11.1 Å². The van der Waals surface area contributed by atoms with Gasteiger partial charge < -0.3 is 5.73 Å². The first-order chi connectivity index (χ1) is 9.58. The number of nitrogens with zero attached hydrogens (tertiary/aromatic N) is 2. The van der Waals surface area contributed by atoms with Gasteiger partial charge >= 0.3 is 0 Å². The smallest absolute Gasteiger partial charge is 0.0991 e. The fourth-order valence-electron chi connectivity index (χ4n) is 2.29. The molecule has 0 radical (unpaired) electrons. The predicted octanol–water partition coefficient (Wildman–Crippen LogP) is 3.08. The number of anilines is 1. The summed E-state index contributed by atoms with van der Waals surface area (Å²) in [5, 5.41) is 8.88. The van der Waals surface area contributed by atoms with E-state index in [2.05, 4.69) is 24.1 Å². The van der Waals surface area contributed by atoms with Gasteiger partial charge in [0, 0.05) is 18.8 Å². The van der Waals surface area contributed by atoms with Crippen molar-refractivity contribution in [2.24, 2.45) is 0 Å². The van der Waals surface area contributed by atoms with Gasteiger partial charge in [0.05, 0.1) is 11.6 Å². The molecule has 0 saturated heterocycles. The topological polar surface area (TPSA) is 53.0 Å². The lowest BCUT2D eigenvalue weighted by Gasteiger charge is -2.18. The van der Waals surface area contributed by atoms with Crippen LogP contribution in [0.3, 0.4) is 0 Å². The fraction of sp³-hybridized carbons (Fsp3) is 0.235. The lowest BCUT2D eigenvalue weighted by atomic mass is 10.0. The monoisotopic (exact) mass is 265 g/mol. The molecule has 102 valence electrons. The molecule has 2 aromatic carbocycles. The largest absolute Gasteiger partial charge is 0.399 e. The van der Waals surface area contributed by atoms with Gasteiger partial charge in [-0.3, -0.25) is 4.90 Å². The Kier molecular flexibility index (Phi) is 4.39. The third kappa shape index (κ3) is 3.59.